The second-order valence-electron chi connectivity index (χ2n) is 10.9. The minimum atomic E-state index is -3.94. The zero-order chi connectivity index (χ0) is 25.9. The fourth-order valence-electron chi connectivity index (χ4n) is 4.51. The van der Waals surface area contributed by atoms with Crippen LogP contribution in [0.4, 0.5) is 5.69 Å². The smallest absolute Gasteiger partial charge is 0.264 e. The lowest BCUT2D eigenvalue weighted by molar-refractivity contribution is 0.0892. The Morgan fingerprint density at radius 2 is 1.40 bits per heavy atom. The molecule has 0 unspecified atom stereocenters. The summed E-state index contributed by atoms with van der Waals surface area (Å²) in [5.41, 5.74) is 2.01. The summed E-state index contributed by atoms with van der Waals surface area (Å²) in [6, 6.07) is 23.1. The molecule has 0 aliphatic carbocycles. The first-order chi connectivity index (χ1) is 16.3. The van der Waals surface area contributed by atoms with Gasteiger partial charge in [-0.05, 0) is 62.4 Å². The molecule has 3 rings (SSSR count). The van der Waals surface area contributed by atoms with Gasteiger partial charge in [0.1, 0.15) is 0 Å². The maximum Gasteiger partial charge on any atom is 0.264 e. The second-order valence-corrected chi connectivity index (χ2v) is 12.8. The molecule has 5 nitrogen and oxygen atoms in total. The SMILES string of the molecule is Cc1ccc(S(=O)(=O)N(Cc2ccccc2)c2ccccc2C(=O)NC(C)(C)CC(C)(C)C)cc1. The minimum Gasteiger partial charge on any atom is -0.347 e. The number of anilines is 1. The summed E-state index contributed by atoms with van der Waals surface area (Å²) in [7, 11) is -3.94. The number of para-hydroxylation sites is 1. The number of rotatable bonds is 8. The van der Waals surface area contributed by atoms with Crippen LogP contribution in [0.3, 0.4) is 0 Å². The summed E-state index contributed by atoms with van der Waals surface area (Å²) in [4.78, 5) is 13.7. The van der Waals surface area contributed by atoms with E-state index in [2.05, 4.69) is 26.1 Å². The molecule has 0 aromatic heterocycles. The van der Waals surface area contributed by atoms with E-state index in [1.807, 2.05) is 51.1 Å². The van der Waals surface area contributed by atoms with E-state index in [-0.39, 0.29) is 22.8 Å². The van der Waals surface area contributed by atoms with Gasteiger partial charge in [0, 0.05) is 5.54 Å². The first kappa shape index (κ1) is 26.5. The molecule has 0 aliphatic rings. The standard InChI is InChI=1S/C29H36N2O3S/c1-22-16-18-24(19-17-22)35(33,34)31(20-23-12-8-7-9-13-23)26-15-11-10-14-25(26)27(32)30-29(5,6)21-28(2,3)4/h7-19H,20-21H2,1-6H3,(H,30,32). The zero-order valence-corrected chi connectivity index (χ0v) is 22.3. The van der Waals surface area contributed by atoms with E-state index in [0.717, 1.165) is 17.5 Å². The maximum absolute atomic E-state index is 13.9. The Morgan fingerprint density at radius 1 is 0.829 bits per heavy atom. The Hall–Kier alpha value is -3.12. The van der Waals surface area contributed by atoms with Gasteiger partial charge in [0.25, 0.3) is 15.9 Å². The number of benzene rings is 3. The summed E-state index contributed by atoms with van der Waals surface area (Å²) >= 11 is 0. The molecule has 3 aromatic rings. The summed E-state index contributed by atoms with van der Waals surface area (Å²) in [5, 5.41) is 3.13. The first-order valence-corrected chi connectivity index (χ1v) is 13.3. The number of nitrogens with zero attached hydrogens (tertiary/aromatic N) is 1. The molecule has 0 saturated carbocycles. The van der Waals surface area contributed by atoms with Crippen molar-refractivity contribution in [3.8, 4) is 0 Å². The van der Waals surface area contributed by atoms with E-state index in [4.69, 9.17) is 0 Å². The predicted octanol–water partition coefficient (Wildman–Crippen LogP) is 6.34. The van der Waals surface area contributed by atoms with E-state index in [9.17, 15) is 13.2 Å². The lowest BCUT2D eigenvalue weighted by atomic mass is 9.81. The van der Waals surface area contributed by atoms with Crippen molar-refractivity contribution in [2.45, 2.75) is 64.9 Å². The van der Waals surface area contributed by atoms with Crippen LogP contribution in [0.5, 0.6) is 0 Å². The molecule has 3 aromatic carbocycles. The van der Waals surface area contributed by atoms with E-state index < -0.39 is 15.6 Å². The molecule has 0 spiro atoms. The third-order valence-electron chi connectivity index (χ3n) is 5.62. The Morgan fingerprint density at radius 3 is 2.00 bits per heavy atom. The van der Waals surface area contributed by atoms with Gasteiger partial charge < -0.3 is 5.32 Å². The highest BCUT2D eigenvalue weighted by Gasteiger charge is 2.31. The summed E-state index contributed by atoms with van der Waals surface area (Å²) in [6.45, 7) is 12.4. The van der Waals surface area contributed by atoms with Crippen molar-refractivity contribution >= 4 is 21.6 Å². The van der Waals surface area contributed by atoms with Crippen LogP contribution in [0.25, 0.3) is 0 Å². The quantitative estimate of drug-likeness (QED) is 0.399. The lowest BCUT2D eigenvalue weighted by Crippen LogP contribution is -2.46. The molecule has 0 bridgehead atoms. The fourth-order valence-corrected chi connectivity index (χ4v) is 5.99. The van der Waals surface area contributed by atoms with Gasteiger partial charge >= 0.3 is 0 Å². The van der Waals surface area contributed by atoms with Crippen LogP contribution in [0, 0.1) is 12.3 Å². The van der Waals surface area contributed by atoms with E-state index in [0.29, 0.717) is 11.3 Å². The number of sulfonamides is 1. The third kappa shape index (κ3) is 6.95. The highest BCUT2D eigenvalue weighted by molar-refractivity contribution is 7.92. The molecular weight excluding hydrogens is 456 g/mol. The first-order valence-electron chi connectivity index (χ1n) is 11.8. The molecule has 6 heteroatoms. The summed E-state index contributed by atoms with van der Waals surface area (Å²) in [6.07, 6.45) is 0.767. The molecule has 0 heterocycles. The fraction of sp³-hybridized carbons (Fsp3) is 0.345. The topological polar surface area (TPSA) is 66.5 Å². The Balaban J connectivity index is 2.08. The van der Waals surface area contributed by atoms with Crippen LogP contribution in [0.15, 0.2) is 83.8 Å². The lowest BCUT2D eigenvalue weighted by Gasteiger charge is -2.34. The van der Waals surface area contributed by atoms with Crippen molar-refractivity contribution in [2.75, 3.05) is 4.31 Å². The number of hydrogen-bond acceptors (Lipinski definition) is 3. The monoisotopic (exact) mass is 492 g/mol. The number of carbonyl (C=O) groups excluding carboxylic acids is 1. The Bertz CT molecular complexity index is 1260. The molecular formula is C29H36N2O3S. The number of carbonyl (C=O) groups is 1. The van der Waals surface area contributed by atoms with Crippen LogP contribution in [0.1, 0.15) is 62.5 Å². The van der Waals surface area contributed by atoms with Gasteiger partial charge in [0.05, 0.1) is 22.7 Å². The van der Waals surface area contributed by atoms with Gasteiger partial charge in [-0.2, -0.15) is 0 Å². The largest absolute Gasteiger partial charge is 0.347 e. The highest BCUT2D eigenvalue weighted by Crippen LogP contribution is 2.31. The molecule has 0 atom stereocenters. The third-order valence-corrected chi connectivity index (χ3v) is 7.39. The van der Waals surface area contributed by atoms with Gasteiger partial charge in [-0.3, -0.25) is 9.10 Å². The molecule has 1 N–H and O–H groups in total. The number of nitrogens with one attached hydrogen (secondary N) is 1. The molecule has 0 radical (unpaired) electrons. The number of hydrogen-bond donors (Lipinski definition) is 1. The predicted molar refractivity (Wildman–Crippen MR) is 143 cm³/mol. The second kappa shape index (κ2) is 10.2. The van der Waals surface area contributed by atoms with Crippen LogP contribution in [-0.2, 0) is 16.6 Å². The average molecular weight is 493 g/mol. The van der Waals surface area contributed by atoms with Crippen LogP contribution < -0.4 is 9.62 Å². The van der Waals surface area contributed by atoms with Gasteiger partial charge in [-0.15, -0.1) is 0 Å². The van der Waals surface area contributed by atoms with Crippen molar-refractivity contribution in [3.05, 3.63) is 95.6 Å². The molecule has 0 fully saturated rings. The Labute approximate surface area is 210 Å². The van der Waals surface area contributed by atoms with Crippen LogP contribution >= 0.6 is 0 Å². The van der Waals surface area contributed by atoms with Gasteiger partial charge in [0.15, 0.2) is 0 Å². The molecule has 0 saturated heterocycles. The molecule has 1 amide bonds. The summed E-state index contributed by atoms with van der Waals surface area (Å²) < 4.78 is 29.1. The minimum absolute atomic E-state index is 0.0183. The summed E-state index contributed by atoms with van der Waals surface area (Å²) in [5.74, 6) is -0.299. The van der Waals surface area contributed by atoms with E-state index in [1.165, 1.54) is 4.31 Å². The van der Waals surface area contributed by atoms with Crippen LogP contribution in [0.2, 0.25) is 0 Å². The molecule has 186 valence electrons. The van der Waals surface area contributed by atoms with Gasteiger partial charge in [0.2, 0.25) is 0 Å². The van der Waals surface area contributed by atoms with E-state index in [1.54, 1.807) is 48.5 Å². The van der Waals surface area contributed by atoms with Crippen molar-refractivity contribution in [2.24, 2.45) is 5.41 Å². The van der Waals surface area contributed by atoms with Gasteiger partial charge in [-0.25, -0.2) is 8.42 Å². The van der Waals surface area contributed by atoms with Crippen molar-refractivity contribution in [3.63, 3.8) is 0 Å². The Kier molecular flexibility index (Phi) is 7.75. The van der Waals surface area contributed by atoms with Crippen molar-refractivity contribution in [1.82, 2.24) is 5.32 Å². The number of amides is 1. The molecule has 0 aliphatic heterocycles. The normalized spacial score (nSPS) is 12.3. The zero-order valence-electron chi connectivity index (χ0n) is 21.5. The highest BCUT2D eigenvalue weighted by atomic mass is 32.2. The van der Waals surface area contributed by atoms with E-state index >= 15 is 0 Å². The van der Waals surface area contributed by atoms with Crippen LogP contribution in [-0.4, -0.2) is 19.9 Å². The maximum atomic E-state index is 13.9. The van der Waals surface area contributed by atoms with Crippen molar-refractivity contribution in [1.29, 1.82) is 0 Å². The molecule has 35 heavy (non-hydrogen) atoms. The number of aryl methyl sites for hydroxylation is 1. The van der Waals surface area contributed by atoms with Crippen molar-refractivity contribution < 1.29 is 13.2 Å². The van der Waals surface area contributed by atoms with Gasteiger partial charge in [-0.1, -0.05) is 80.9 Å². The average Bonchev–Trinajstić information content (AvgIpc) is 2.76.